The zero-order valence-corrected chi connectivity index (χ0v) is 20.0. The lowest BCUT2D eigenvalue weighted by molar-refractivity contribution is -0.136. The number of hydrogen-bond donors (Lipinski definition) is 1. The Morgan fingerprint density at radius 1 is 1.00 bits per heavy atom. The average Bonchev–Trinajstić information content (AvgIpc) is 3.22. The number of benzene rings is 3. The molecule has 0 unspecified atom stereocenters. The highest BCUT2D eigenvalue weighted by atomic mass is 35.5. The number of para-hydroxylation sites is 1. The van der Waals surface area contributed by atoms with Crippen molar-refractivity contribution in [1.29, 1.82) is 0 Å². The predicted octanol–water partition coefficient (Wildman–Crippen LogP) is 6.89. The van der Waals surface area contributed by atoms with Gasteiger partial charge in [0.25, 0.3) is 0 Å². The second-order valence-corrected chi connectivity index (χ2v) is 8.14. The second-order valence-electron chi connectivity index (χ2n) is 7.74. The van der Waals surface area contributed by atoms with E-state index in [0.29, 0.717) is 33.4 Å². The molecule has 0 saturated heterocycles. The van der Waals surface area contributed by atoms with Gasteiger partial charge in [-0.1, -0.05) is 77.4 Å². The first-order valence-corrected chi connectivity index (χ1v) is 11.4. The molecule has 0 atom stereocenters. The minimum Gasteiger partial charge on any atom is -0.481 e. The third-order valence-corrected chi connectivity index (χ3v) is 5.74. The summed E-state index contributed by atoms with van der Waals surface area (Å²) in [4.78, 5) is 25.7. The molecule has 0 saturated carbocycles. The Kier molecular flexibility index (Phi) is 7.17. The van der Waals surface area contributed by atoms with Gasteiger partial charge in [0.05, 0.1) is 23.7 Å². The van der Waals surface area contributed by atoms with Crippen LogP contribution in [0, 0.1) is 6.92 Å². The van der Waals surface area contributed by atoms with E-state index >= 15 is 0 Å². The molecule has 0 aliphatic rings. The molecule has 1 amide bonds. The van der Waals surface area contributed by atoms with Gasteiger partial charge in [-0.2, -0.15) is 0 Å². The summed E-state index contributed by atoms with van der Waals surface area (Å²) in [7, 11) is 0. The number of carboxylic acid groups (broad SMARTS) is 1. The smallest absolute Gasteiger partial charge is 0.419 e. The van der Waals surface area contributed by atoms with Gasteiger partial charge < -0.3 is 14.4 Å². The predicted molar refractivity (Wildman–Crippen MR) is 134 cm³/mol. The first-order valence-electron chi connectivity index (χ1n) is 11.0. The Morgan fingerprint density at radius 3 is 2.34 bits per heavy atom. The summed E-state index contributed by atoms with van der Waals surface area (Å²) in [6.07, 6.45) is -0.678. The van der Waals surface area contributed by atoms with Gasteiger partial charge in [-0.25, -0.2) is 9.69 Å². The fourth-order valence-electron chi connectivity index (χ4n) is 3.87. The summed E-state index contributed by atoms with van der Waals surface area (Å²) in [6.45, 7) is 3.65. The average molecular weight is 491 g/mol. The number of nitrogens with zero attached hydrogens (tertiary/aromatic N) is 2. The van der Waals surface area contributed by atoms with E-state index in [1.54, 1.807) is 44.2 Å². The van der Waals surface area contributed by atoms with Crippen LogP contribution in [0.4, 0.5) is 16.2 Å². The number of aromatic nitrogens is 1. The second kappa shape index (κ2) is 10.4. The third kappa shape index (κ3) is 5.05. The van der Waals surface area contributed by atoms with Crippen molar-refractivity contribution in [2.75, 3.05) is 11.5 Å². The number of amides is 1. The molecule has 4 aromatic rings. The molecule has 0 aliphatic heterocycles. The Morgan fingerprint density at radius 2 is 1.66 bits per heavy atom. The summed E-state index contributed by atoms with van der Waals surface area (Å²) in [6, 6.07) is 21.8. The lowest BCUT2D eigenvalue weighted by Crippen LogP contribution is -2.27. The summed E-state index contributed by atoms with van der Waals surface area (Å²) in [5, 5.41) is 13.7. The monoisotopic (exact) mass is 490 g/mol. The van der Waals surface area contributed by atoms with Gasteiger partial charge in [-0.15, -0.1) is 0 Å². The summed E-state index contributed by atoms with van der Waals surface area (Å²) in [5.41, 5.74) is 4.45. The highest BCUT2D eigenvalue weighted by molar-refractivity contribution is 6.34. The van der Waals surface area contributed by atoms with E-state index in [-0.39, 0.29) is 13.0 Å². The number of anilines is 2. The molecule has 1 heterocycles. The zero-order valence-electron chi connectivity index (χ0n) is 19.2. The zero-order chi connectivity index (χ0) is 24.9. The number of rotatable bonds is 7. The number of carbonyl (C=O) groups is 2. The Hall–Kier alpha value is -4.10. The van der Waals surface area contributed by atoms with Crippen LogP contribution in [0.5, 0.6) is 0 Å². The summed E-state index contributed by atoms with van der Waals surface area (Å²) in [5.74, 6) is -0.518. The minimum atomic E-state index is -0.894. The normalized spacial score (nSPS) is 10.7. The van der Waals surface area contributed by atoms with E-state index in [1.807, 2.05) is 42.5 Å². The molecule has 7 nitrogen and oxygen atoms in total. The fourth-order valence-corrected chi connectivity index (χ4v) is 4.09. The molecule has 1 N–H and O–H groups in total. The highest BCUT2D eigenvalue weighted by Crippen LogP contribution is 2.41. The van der Waals surface area contributed by atoms with Crippen molar-refractivity contribution in [3.05, 3.63) is 89.1 Å². The number of carbonyl (C=O) groups excluding carboxylic acids is 1. The number of aryl methyl sites for hydroxylation is 1. The third-order valence-electron chi connectivity index (χ3n) is 5.42. The van der Waals surface area contributed by atoms with E-state index in [1.165, 1.54) is 4.90 Å². The van der Waals surface area contributed by atoms with Gasteiger partial charge in [0.15, 0.2) is 5.76 Å². The highest BCUT2D eigenvalue weighted by Gasteiger charge is 2.30. The number of hydrogen-bond acceptors (Lipinski definition) is 5. The van der Waals surface area contributed by atoms with Gasteiger partial charge in [0.2, 0.25) is 0 Å². The van der Waals surface area contributed by atoms with Gasteiger partial charge in [-0.05, 0) is 42.7 Å². The van der Waals surface area contributed by atoms with Crippen molar-refractivity contribution in [2.24, 2.45) is 0 Å². The fraction of sp³-hybridized carbons (Fsp3) is 0.148. The summed E-state index contributed by atoms with van der Waals surface area (Å²) < 4.78 is 11.0. The van der Waals surface area contributed by atoms with Crippen LogP contribution in [0.15, 0.2) is 77.3 Å². The maximum absolute atomic E-state index is 13.0. The molecule has 0 radical (unpaired) electrons. The lowest BCUT2D eigenvalue weighted by Gasteiger charge is -2.23. The maximum atomic E-state index is 13.0. The number of ether oxygens (including phenoxy) is 1. The van der Waals surface area contributed by atoms with E-state index in [0.717, 1.165) is 16.7 Å². The first-order chi connectivity index (χ1) is 16.9. The van der Waals surface area contributed by atoms with Crippen LogP contribution in [0.25, 0.3) is 22.5 Å². The van der Waals surface area contributed by atoms with Crippen molar-refractivity contribution in [2.45, 2.75) is 20.3 Å². The molecule has 0 spiro atoms. The van der Waals surface area contributed by atoms with Crippen LogP contribution in [0.3, 0.4) is 0 Å². The molecule has 0 aliphatic carbocycles. The standard InChI is InChI=1S/C27H23ClN2O5/c1-3-34-27(33)30(23-11-7-6-10-22(23)28)25-17(2)29-35-26(25)19-14-12-18(13-15-19)21-9-5-4-8-20(21)16-24(31)32/h4-15H,3,16H2,1-2H3,(H,31,32). The number of aliphatic carboxylic acids is 1. The van der Waals surface area contributed by atoms with Crippen molar-refractivity contribution in [3.63, 3.8) is 0 Å². The molecule has 178 valence electrons. The molecule has 8 heteroatoms. The van der Waals surface area contributed by atoms with Gasteiger partial charge in [0, 0.05) is 5.56 Å². The topological polar surface area (TPSA) is 92.9 Å². The van der Waals surface area contributed by atoms with Crippen LogP contribution < -0.4 is 4.90 Å². The van der Waals surface area contributed by atoms with E-state index < -0.39 is 12.1 Å². The quantitative estimate of drug-likeness (QED) is 0.303. The van der Waals surface area contributed by atoms with Crippen LogP contribution in [0.1, 0.15) is 18.2 Å². The molecule has 0 bridgehead atoms. The van der Waals surface area contributed by atoms with Crippen molar-refractivity contribution in [1.82, 2.24) is 5.16 Å². The first kappa shape index (κ1) is 24.0. The Bertz CT molecular complexity index is 1360. The van der Waals surface area contributed by atoms with Crippen molar-refractivity contribution in [3.8, 4) is 22.5 Å². The van der Waals surface area contributed by atoms with Crippen LogP contribution in [-0.4, -0.2) is 28.9 Å². The molecule has 3 aromatic carbocycles. The Labute approximate surface area is 207 Å². The largest absolute Gasteiger partial charge is 0.481 e. The molecule has 0 fully saturated rings. The molecular formula is C27H23ClN2O5. The maximum Gasteiger partial charge on any atom is 0.419 e. The lowest BCUT2D eigenvalue weighted by atomic mass is 9.96. The summed E-state index contributed by atoms with van der Waals surface area (Å²) >= 11 is 6.43. The van der Waals surface area contributed by atoms with Crippen molar-refractivity contribution >= 4 is 35.0 Å². The van der Waals surface area contributed by atoms with Gasteiger partial charge in [0.1, 0.15) is 11.4 Å². The molecule has 35 heavy (non-hydrogen) atoms. The Balaban J connectivity index is 1.78. The van der Waals surface area contributed by atoms with E-state index in [2.05, 4.69) is 5.16 Å². The molecule has 4 rings (SSSR count). The van der Waals surface area contributed by atoms with Crippen LogP contribution >= 0.6 is 11.6 Å². The molecule has 1 aromatic heterocycles. The van der Waals surface area contributed by atoms with E-state index in [9.17, 15) is 14.7 Å². The van der Waals surface area contributed by atoms with E-state index in [4.69, 9.17) is 20.9 Å². The SMILES string of the molecule is CCOC(=O)N(c1ccccc1Cl)c1c(C)noc1-c1ccc(-c2ccccc2CC(=O)O)cc1. The van der Waals surface area contributed by atoms with Crippen LogP contribution in [-0.2, 0) is 16.0 Å². The van der Waals surface area contributed by atoms with Gasteiger partial charge in [-0.3, -0.25) is 4.79 Å². The van der Waals surface area contributed by atoms with Gasteiger partial charge >= 0.3 is 12.1 Å². The molecular weight excluding hydrogens is 468 g/mol. The number of carboxylic acids is 1. The number of halogens is 1. The van der Waals surface area contributed by atoms with Crippen molar-refractivity contribution < 1.29 is 24.0 Å². The van der Waals surface area contributed by atoms with Crippen LogP contribution in [0.2, 0.25) is 5.02 Å². The minimum absolute atomic E-state index is 0.0737.